The first-order valence-electron chi connectivity index (χ1n) is 3.59. The summed E-state index contributed by atoms with van der Waals surface area (Å²) < 4.78 is 9.07. The number of hydrogen-bond donors (Lipinski definition) is 2. The Kier molecular flexibility index (Phi) is 2.52. The number of hydrogen-bond acceptors (Lipinski definition) is 5. The average Bonchev–Trinajstić information content (AvgIpc) is 2.44. The van der Waals surface area contributed by atoms with Crippen molar-refractivity contribution in [2.24, 2.45) is 5.73 Å². The van der Waals surface area contributed by atoms with E-state index in [4.69, 9.17) is 5.73 Å². The Morgan fingerprint density at radius 3 is 2.69 bits per heavy atom. The van der Waals surface area contributed by atoms with E-state index in [0.29, 0.717) is 5.76 Å². The predicted molar refractivity (Wildman–Crippen MR) is 43.0 cm³/mol. The summed E-state index contributed by atoms with van der Waals surface area (Å²) in [5.41, 5.74) is 5.04. The first kappa shape index (κ1) is 9.53. The number of aromatic amines is 1. The number of aromatic nitrogens is 1. The van der Waals surface area contributed by atoms with Crippen molar-refractivity contribution in [2.75, 3.05) is 7.11 Å². The van der Waals surface area contributed by atoms with Gasteiger partial charge in [0.15, 0.2) is 0 Å². The van der Waals surface area contributed by atoms with Crippen molar-refractivity contribution in [3.05, 3.63) is 21.7 Å². The summed E-state index contributed by atoms with van der Waals surface area (Å²) in [6.45, 7) is 1.54. The summed E-state index contributed by atoms with van der Waals surface area (Å²) in [5.74, 6) is -0.377. The third kappa shape index (κ3) is 1.62. The number of carbonyl (C=O) groups is 1. The Labute approximate surface area is 73.6 Å². The summed E-state index contributed by atoms with van der Waals surface area (Å²) in [7, 11) is 1.20. The van der Waals surface area contributed by atoms with E-state index in [1.165, 1.54) is 14.0 Å². The van der Waals surface area contributed by atoms with Crippen LogP contribution in [0.5, 0.6) is 0 Å². The molecule has 0 bridgehead atoms. The lowest BCUT2D eigenvalue weighted by Gasteiger charge is -2.05. The van der Waals surface area contributed by atoms with E-state index in [1.54, 1.807) is 0 Å². The zero-order valence-corrected chi connectivity index (χ0v) is 7.29. The van der Waals surface area contributed by atoms with Crippen LogP contribution in [-0.4, -0.2) is 18.2 Å². The maximum absolute atomic E-state index is 11.1. The molecule has 0 aromatic carbocycles. The molecule has 1 unspecified atom stereocenters. The van der Waals surface area contributed by atoms with Gasteiger partial charge in [-0.2, -0.15) is 5.16 Å². The van der Waals surface area contributed by atoms with Gasteiger partial charge in [-0.3, -0.25) is 4.79 Å². The Balaban J connectivity index is 3.07. The molecular formula is C7H10N2O4. The molecule has 1 aromatic rings. The van der Waals surface area contributed by atoms with Crippen LogP contribution in [0.15, 0.2) is 9.32 Å². The molecule has 0 fully saturated rings. The summed E-state index contributed by atoms with van der Waals surface area (Å²) in [5, 5.41) is 2.08. The topological polar surface area (TPSA) is 98.3 Å². The molecule has 6 nitrogen and oxygen atoms in total. The minimum atomic E-state index is -1.09. The molecule has 0 aliphatic heterocycles. The van der Waals surface area contributed by atoms with E-state index in [2.05, 4.69) is 14.4 Å². The Morgan fingerprint density at radius 1 is 1.69 bits per heavy atom. The van der Waals surface area contributed by atoms with Crippen molar-refractivity contribution in [2.45, 2.75) is 13.0 Å². The van der Waals surface area contributed by atoms with Gasteiger partial charge >= 0.3 is 5.97 Å². The van der Waals surface area contributed by atoms with Gasteiger partial charge in [-0.05, 0) is 6.92 Å². The number of H-pyrrole nitrogens is 1. The Bertz CT molecular complexity index is 365. The number of nitrogens with one attached hydrogen (secondary N) is 1. The smallest absolute Gasteiger partial charge is 0.327 e. The summed E-state index contributed by atoms with van der Waals surface area (Å²) >= 11 is 0. The SMILES string of the molecule is COC(=O)C(N)c1c(C)o[nH]c1=O. The summed E-state index contributed by atoms with van der Waals surface area (Å²) in [6.07, 6.45) is 0. The molecule has 72 valence electrons. The monoisotopic (exact) mass is 186 g/mol. The van der Waals surface area contributed by atoms with Crippen molar-refractivity contribution in [3.8, 4) is 0 Å². The van der Waals surface area contributed by atoms with Crippen molar-refractivity contribution >= 4 is 5.97 Å². The van der Waals surface area contributed by atoms with E-state index >= 15 is 0 Å². The molecule has 1 atom stereocenters. The first-order chi connectivity index (χ1) is 6.07. The van der Waals surface area contributed by atoms with Crippen LogP contribution in [0.2, 0.25) is 0 Å². The highest BCUT2D eigenvalue weighted by Crippen LogP contribution is 2.11. The van der Waals surface area contributed by atoms with E-state index in [9.17, 15) is 9.59 Å². The number of rotatable bonds is 2. The molecule has 6 heteroatoms. The van der Waals surface area contributed by atoms with Crippen LogP contribution in [0.4, 0.5) is 0 Å². The zero-order chi connectivity index (χ0) is 10.0. The van der Waals surface area contributed by atoms with Gasteiger partial charge in [-0.15, -0.1) is 0 Å². The lowest BCUT2D eigenvalue weighted by molar-refractivity contribution is -0.142. The van der Waals surface area contributed by atoms with E-state index in [0.717, 1.165) is 0 Å². The molecule has 0 saturated heterocycles. The number of carbonyl (C=O) groups excluding carboxylic acids is 1. The van der Waals surface area contributed by atoms with E-state index < -0.39 is 17.6 Å². The average molecular weight is 186 g/mol. The quantitative estimate of drug-likeness (QED) is 0.604. The van der Waals surface area contributed by atoms with Gasteiger partial charge in [0.1, 0.15) is 11.8 Å². The fourth-order valence-electron chi connectivity index (χ4n) is 0.998. The molecular weight excluding hydrogens is 176 g/mol. The zero-order valence-electron chi connectivity index (χ0n) is 7.29. The highest BCUT2D eigenvalue weighted by molar-refractivity contribution is 5.77. The third-order valence-corrected chi connectivity index (χ3v) is 1.69. The molecule has 1 aromatic heterocycles. The van der Waals surface area contributed by atoms with E-state index in [1.807, 2.05) is 0 Å². The van der Waals surface area contributed by atoms with Gasteiger partial charge in [0.2, 0.25) is 0 Å². The van der Waals surface area contributed by atoms with E-state index in [-0.39, 0.29) is 5.56 Å². The molecule has 0 amide bonds. The first-order valence-corrected chi connectivity index (χ1v) is 3.59. The van der Waals surface area contributed by atoms with Crippen LogP contribution in [0.3, 0.4) is 0 Å². The molecule has 3 N–H and O–H groups in total. The largest absolute Gasteiger partial charge is 0.468 e. The van der Waals surface area contributed by atoms with Crippen molar-refractivity contribution in [1.29, 1.82) is 0 Å². The second-order valence-corrected chi connectivity index (χ2v) is 2.50. The van der Waals surface area contributed by atoms with Crippen LogP contribution < -0.4 is 11.3 Å². The molecule has 0 spiro atoms. The fourth-order valence-corrected chi connectivity index (χ4v) is 0.998. The lowest BCUT2D eigenvalue weighted by atomic mass is 10.1. The molecule has 0 saturated carbocycles. The Morgan fingerprint density at radius 2 is 2.31 bits per heavy atom. The van der Waals surface area contributed by atoms with Crippen LogP contribution in [0.25, 0.3) is 0 Å². The van der Waals surface area contributed by atoms with Crippen molar-refractivity contribution in [3.63, 3.8) is 0 Å². The third-order valence-electron chi connectivity index (χ3n) is 1.69. The number of aryl methyl sites for hydroxylation is 1. The van der Waals surface area contributed by atoms with Gasteiger partial charge in [-0.1, -0.05) is 0 Å². The summed E-state index contributed by atoms with van der Waals surface area (Å²) in [6, 6.07) is -1.09. The van der Waals surface area contributed by atoms with Gasteiger partial charge in [-0.25, -0.2) is 4.79 Å². The highest BCUT2D eigenvalue weighted by Gasteiger charge is 2.24. The molecule has 1 rings (SSSR count). The molecule has 1 heterocycles. The number of esters is 1. The minimum absolute atomic E-state index is 0.104. The predicted octanol–water partition coefficient (Wildman–Crippen LogP) is -0.551. The second kappa shape index (κ2) is 3.44. The van der Waals surface area contributed by atoms with Gasteiger partial charge in [0, 0.05) is 0 Å². The normalized spacial score (nSPS) is 12.5. The van der Waals surface area contributed by atoms with Crippen LogP contribution in [0.1, 0.15) is 17.4 Å². The van der Waals surface area contributed by atoms with Crippen LogP contribution >= 0.6 is 0 Å². The van der Waals surface area contributed by atoms with Crippen molar-refractivity contribution < 1.29 is 14.1 Å². The molecule has 0 aliphatic carbocycles. The number of methoxy groups -OCH3 is 1. The lowest BCUT2D eigenvalue weighted by Crippen LogP contribution is -2.27. The van der Waals surface area contributed by atoms with Crippen LogP contribution in [0, 0.1) is 6.92 Å². The number of nitrogens with two attached hydrogens (primary N) is 1. The fraction of sp³-hybridized carbons (Fsp3) is 0.429. The molecule has 13 heavy (non-hydrogen) atoms. The van der Waals surface area contributed by atoms with Gasteiger partial charge in [0.05, 0.1) is 12.7 Å². The van der Waals surface area contributed by atoms with Gasteiger partial charge < -0.3 is 15.0 Å². The maximum Gasteiger partial charge on any atom is 0.327 e. The Hall–Kier alpha value is -1.56. The minimum Gasteiger partial charge on any atom is -0.468 e. The maximum atomic E-state index is 11.1. The molecule has 0 aliphatic rings. The number of ether oxygens (including phenoxy) is 1. The standard InChI is InChI=1S/C7H10N2O4/c1-3-4(6(10)9-13-3)5(8)7(11)12-2/h5H,8H2,1-2H3,(H,9,10). The van der Waals surface area contributed by atoms with Gasteiger partial charge in [0.25, 0.3) is 5.56 Å². The molecule has 0 radical (unpaired) electrons. The van der Waals surface area contributed by atoms with Crippen molar-refractivity contribution in [1.82, 2.24) is 5.16 Å². The second-order valence-electron chi connectivity index (χ2n) is 2.50. The summed E-state index contributed by atoms with van der Waals surface area (Å²) in [4.78, 5) is 22.0. The highest BCUT2D eigenvalue weighted by atomic mass is 16.5. The van der Waals surface area contributed by atoms with Crippen LogP contribution in [-0.2, 0) is 9.53 Å².